The Bertz CT molecular complexity index is 989. The zero-order valence-electron chi connectivity index (χ0n) is 13.8. The molecule has 0 saturated carbocycles. The molecule has 122 valence electrons. The van der Waals surface area contributed by atoms with E-state index in [1.807, 2.05) is 44.2 Å². The van der Waals surface area contributed by atoms with Crippen LogP contribution in [0.5, 0.6) is 5.75 Å². The minimum absolute atomic E-state index is 0.0624. The first-order valence-corrected chi connectivity index (χ1v) is 7.60. The van der Waals surface area contributed by atoms with Gasteiger partial charge in [0, 0.05) is 22.6 Å². The molecule has 1 aromatic heterocycles. The van der Waals surface area contributed by atoms with E-state index < -0.39 is 5.63 Å². The van der Waals surface area contributed by atoms with Crippen LogP contribution < -0.4 is 11.1 Å². The third kappa shape index (κ3) is 2.88. The molecule has 0 spiro atoms. The van der Waals surface area contributed by atoms with Gasteiger partial charge in [-0.25, -0.2) is 4.79 Å². The van der Waals surface area contributed by atoms with Crippen LogP contribution in [0, 0.1) is 13.8 Å². The zero-order chi connectivity index (χ0) is 17.3. The van der Waals surface area contributed by atoms with Crippen LogP contribution in [0.1, 0.15) is 23.6 Å². The number of rotatable bonds is 3. The standard InChI is InChI=1S/C19H18N2O3/c1-11-9-17(22)24-19-12(2)18(23)16(10-15(11)19)13(3)20-21-14-7-5-4-6-8-14/h4-10,21,23H,1-3H3. The lowest BCUT2D eigenvalue weighted by Gasteiger charge is -2.11. The Hall–Kier alpha value is -3.08. The summed E-state index contributed by atoms with van der Waals surface area (Å²) in [4.78, 5) is 11.6. The highest BCUT2D eigenvalue weighted by Crippen LogP contribution is 2.31. The lowest BCUT2D eigenvalue weighted by atomic mass is 10.00. The second kappa shape index (κ2) is 6.20. The molecule has 0 unspecified atom stereocenters. The van der Waals surface area contributed by atoms with Gasteiger partial charge in [0.2, 0.25) is 0 Å². The zero-order valence-corrected chi connectivity index (χ0v) is 13.8. The summed E-state index contributed by atoms with van der Waals surface area (Å²) in [5, 5.41) is 15.6. The van der Waals surface area contributed by atoms with E-state index in [1.165, 1.54) is 6.07 Å². The fourth-order valence-electron chi connectivity index (χ4n) is 2.60. The molecule has 0 saturated heterocycles. The van der Waals surface area contributed by atoms with Crippen LogP contribution >= 0.6 is 0 Å². The van der Waals surface area contributed by atoms with Crippen LogP contribution in [-0.4, -0.2) is 10.8 Å². The molecule has 0 aliphatic heterocycles. The number of fused-ring (bicyclic) bond motifs is 1. The van der Waals surface area contributed by atoms with Crippen molar-refractivity contribution in [3.05, 3.63) is 69.6 Å². The Labute approximate surface area is 139 Å². The predicted molar refractivity (Wildman–Crippen MR) is 95.9 cm³/mol. The summed E-state index contributed by atoms with van der Waals surface area (Å²) in [5.74, 6) is 0.0624. The number of para-hydroxylation sites is 1. The summed E-state index contributed by atoms with van der Waals surface area (Å²) in [6, 6.07) is 12.8. The molecule has 1 heterocycles. The fraction of sp³-hybridized carbons (Fsp3) is 0.158. The van der Waals surface area contributed by atoms with Crippen molar-refractivity contribution in [3.8, 4) is 5.75 Å². The molecule has 0 fully saturated rings. The number of aromatic hydroxyl groups is 1. The van der Waals surface area contributed by atoms with Gasteiger partial charge in [-0.05, 0) is 44.5 Å². The van der Waals surface area contributed by atoms with Crippen LogP contribution in [-0.2, 0) is 0 Å². The van der Waals surface area contributed by atoms with Gasteiger partial charge in [-0.2, -0.15) is 5.10 Å². The summed E-state index contributed by atoms with van der Waals surface area (Å²) in [5.41, 5.74) is 6.36. The van der Waals surface area contributed by atoms with Gasteiger partial charge in [0.15, 0.2) is 0 Å². The highest BCUT2D eigenvalue weighted by Gasteiger charge is 2.15. The molecule has 0 aliphatic carbocycles. The Morgan fingerprint density at radius 1 is 1.17 bits per heavy atom. The molecule has 3 rings (SSSR count). The second-order valence-corrected chi connectivity index (χ2v) is 5.70. The van der Waals surface area contributed by atoms with Crippen molar-refractivity contribution in [1.29, 1.82) is 0 Å². The van der Waals surface area contributed by atoms with E-state index >= 15 is 0 Å². The number of hydrogen-bond donors (Lipinski definition) is 2. The van der Waals surface area contributed by atoms with Crippen molar-refractivity contribution < 1.29 is 9.52 Å². The SMILES string of the molecule is CC(=NNc1ccccc1)c1cc2c(C)cc(=O)oc2c(C)c1O. The molecule has 0 aliphatic rings. The first-order chi connectivity index (χ1) is 11.5. The number of nitrogens with one attached hydrogen (secondary N) is 1. The average molecular weight is 322 g/mol. The lowest BCUT2D eigenvalue weighted by Crippen LogP contribution is -2.04. The summed E-state index contributed by atoms with van der Waals surface area (Å²) in [7, 11) is 0. The van der Waals surface area contributed by atoms with Gasteiger partial charge >= 0.3 is 5.63 Å². The molecule has 0 radical (unpaired) electrons. The van der Waals surface area contributed by atoms with Gasteiger partial charge < -0.3 is 9.52 Å². The number of aryl methyl sites for hydroxylation is 2. The molecule has 2 N–H and O–H groups in total. The fourth-order valence-corrected chi connectivity index (χ4v) is 2.60. The number of phenols is 1. The highest BCUT2D eigenvalue weighted by atomic mass is 16.4. The topological polar surface area (TPSA) is 74.8 Å². The minimum Gasteiger partial charge on any atom is -0.507 e. The van der Waals surface area contributed by atoms with Crippen molar-refractivity contribution in [2.75, 3.05) is 5.43 Å². The second-order valence-electron chi connectivity index (χ2n) is 5.70. The largest absolute Gasteiger partial charge is 0.507 e. The summed E-state index contributed by atoms with van der Waals surface area (Å²) >= 11 is 0. The molecule has 0 bridgehead atoms. The number of anilines is 1. The van der Waals surface area contributed by atoms with Gasteiger partial charge in [0.05, 0.1) is 11.4 Å². The van der Waals surface area contributed by atoms with Gasteiger partial charge in [0.1, 0.15) is 11.3 Å². The monoisotopic (exact) mass is 322 g/mol. The van der Waals surface area contributed by atoms with Crippen LogP contribution in [0.15, 0.2) is 56.8 Å². The Morgan fingerprint density at radius 2 is 1.88 bits per heavy atom. The predicted octanol–water partition coefficient (Wildman–Crippen LogP) is 3.95. The van der Waals surface area contributed by atoms with E-state index in [4.69, 9.17) is 4.42 Å². The quantitative estimate of drug-likeness (QED) is 0.435. The minimum atomic E-state index is -0.425. The Balaban J connectivity index is 2.09. The third-order valence-electron chi connectivity index (χ3n) is 3.96. The van der Waals surface area contributed by atoms with Crippen LogP contribution in [0.25, 0.3) is 11.0 Å². The first-order valence-electron chi connectivity index (χ1n) is 7.60. The number of hydrazone groups is 1. The molecule has 24 heavy (non-hydrogen) atoms. The molecular weight excluding hydrogens is 304 g/mol. The van der Waals surface area contributed by atoms with E-state index in [9.17, 15) is 9.90 Å². The number of phenolic OH excluding ortho intramolecular Hbond substituents is 1. The van der Waals surface area contributed by atoms with E-state index in [-0.39, 0.29) is 5.75 Å². The van der Waals surface area contributed by atoms with E-state index in [0.29, 0.717) is 22.4 Å². The van der Waals surface area contributed by atoms with Gasteiger partial charge in [-0.15, -0.1) is 0 Å². The maximum Gasteiger partial charge on any atom is 0.336 e. The molecule has 3 aromatic rings. The highest BCUT2D eigenvalue weighted by molar-refractivity contribution is 6.05. The summed E-state index contributed by atoms with van der Waals surface area (Å²) < 4.78 is 5.25. The van der Waals surface area contributed by atoms with E-state index in [0.717, 1.165) is 16.6 Å². The molecule has 2 aromatic carbocycles. The van der Waals surface area contributed by atoms with E-state index in [2.05, 4.69) is 10.5 Å². The molecule has 5 heteroatoms. The number of hydrogen-bond acceptors (Lipinski definition) is 5. The maximum atomic E-state index is 11.6. The van der Waals surface area contributed by atoms with Crippen LogP contribution in [0.2, 0.25) is 0 Å². The smallest absolute Gasteiger partial charge is 0.336 e. The number of benzene rings is 2. The molecular formula is C19H18N2O3. The summed E-state index contributed by atoms with van der Waals surface area (Å²) in [6.07, 6.45) is 0. The van der Waals surface area contributed by atoms with Gasteiger partial charge in [-0.1, -0.05) is 18.2 Å². The lowest BCUT2D eigenvalue weighted by molar-refractivity contribution is 0.467. The normalized spacial score (nSPS) is 11.7. The molecule has 0 amide bonds. The van der Waals surface area contributed by atoms with Crippen LogP contribution in [0.4, 0.5) is 5.69 Å². The van der Waals surface area contributed by atoms with Gasteiger partial charge in [0.25, 0.3) is 0 Å². The van der Waals surface area contributed by atoms with Crippen molar-refractivity contribution in [3.63, 3.8) is 0 Å². The van der Waals surface area contributed by atoms with Crippen molar-refractivity contribution in [2.45, 2.75) is 20.8 Å². The van der Waals surface area contributed by atoms with Crippen molar-refractivity contribution >= 4 is 22.4 Å². The molecule has 0 atom stereocenters. The molecule has 5 nitrogen and oxygen atoms in total. The Kier molecular flexibility index (Phi) is 4.08. The maximum absolute atomic E-state index is 11.6. The first kappa shape index (κ1) is 15.8. The van der Waals surface area contributed by atoms with Gasteiger partial charge in [-0.3, -0.25) is 5.43 Å². The number of nitrogens with zero attached hydrogens (tertiary/aromatic N) is 1. The third-order valence-corrected chi connectivity index (χ3v) is 3.96. The summed E-state index contributed by atoms with van der Waals surface area (Å²) in [6.45, 7) is 5.38. The van der Waals surface area contributed by atoms with Crippen molar-refractivity contribution in [1.82, 2.24) is 0 Å². The van der Waals surface area contributed by atoms with E-state index in [1.54, 1.807) is 13.0 Å². The average Bonchev–Trinajstić information content (AvgIpc) is 2.57. The van der Waals surface area contributed by atoms with Crippen molar-refractivity contribution in [2.24, 2.45) is 5.10 Å². The van der Waals surface area contributed by atoms with Crippen LogP contribution in [0.3, 0.4) is 0 Å². The Morgan fingerprint density at radius 3 is 2.58 bits per heavy atom.